The van der Waals surface area contributed by atoms with Crippen LogP contribution >= 0.6 is 0 Å². The maximum Gasteiger partial charge on any atom is 0.243 e. The Balaban J connectivity index is 1.40. The number of fused-ring (bicyclic) bond motifs is 1. The van der Waals surface area contributed by atoms with Gasteiger partial charge in [-0.1, -0.05) is 42.5 Å². The van der Waals surface area contributed by atoms with Gasteiger partial charge in [0.1, 0.15) is 0 Å². The molecule has 1 aliphatic heterocycles. The van der Waals surface area contributed by atoms with Crippen LogP contribution in [0.2, 0.25) is 0 Å². The summed E-state index contributed by atoms with van der Waals surface area (Å²) < 4.78 is 0. The lowest BCUT2D eigenvalue weighted by Crippen LogP contribution is -2.46. The average Bonchev–Trinajstić information content (AvgIpc) is 2.82. The molecule has 0 bridgehead atoms. The van der Waals surface area contributed by atoms with Gasteiger partial charge in [0.25, 0.3) is 0 Å². The smallest absolute Gasteiger partial charge is 0.243 e. The molecule has 1 saturated heterocycles. The standard InChI is InChI=1S/C24H32N4O4/c25-21(24(31)26-16-19-8-4-7-18-6-1-2-9-20(18)19)15-23(30)28-13-11-17(12-14-28)5-3-10-22(29)27-32/h1-2,4,6-9,17,21,32H,3,5,10-16,25H2,(H,26,31)(H,27,29). The molecule has 0 spiro atoms. The first-order chi connectivity index (χ1) is 15.5. The maximum absolute atomic E-state index is 12.6. The first-order valence-electron chi connectivity index (χ1n) is 11.2. The zero-order valence-electron chi connectivity index (χ0n) is 18.3. The van der Waals surface area contributed by atoms with Gasteiger partial charge in [0.05, 0.1) is 12.5 Å². The Morgan fingerprint density at radius 2 is 1.81 bits per heavy atom. The second-order valence-corrected chi connectivity index (χ2v) is 8.42. The van der Waals surface area contributed by atoms with Crippen LogP contribution < -0.4 is 16.5 Å². The molecule has 1 fully saturated rings. The number of piperidine rings is 1. The Labute approximate surface area is 188 Å². The van der Waals surface area contributed by atoms with E-state index in [-0.39, 0.29) is 24.1 Å². The number of nitrogens with two attached hydrogens (primary N) is 1. The highest BCUT2D eigenvalue weighted by Crippen LogP contribution is 2.23. The van der Waals surface area contributed by atoms with Gasteiger partial charge >= 0.3 is 0 Å². The molecule has 172 valence electrons. The molecular weight excluding hydrogens is 408 g/mol. The summed E-state index contributed by atoms with van der Waals surface area (Å²) in [6.45, 7) is 1.64. The van der Waals surface area contributed by atoms with Crippen LogP contribution in [0.5, 0.6) is 0 Å². The molecule has 1 unspecified atom stereocenters. The highest BCUT2D eigenvalue weighted by molar-refractivity contribution is 5.89. The molecule has 2 aromatic carbocycles. The van der Waals surface area contributed by atoms with E-state index in [1.165, 1.54) is 0 Å². The zero-order chi connectivity index (χ0) is 22.9. The van der Waals surface area contributed by atoms with E-state index in [0.717, 1.165) is 35.6 Å². The molecule has 2 aromatic rings. The number of carbonyl (C=O) groups excluding carboxylic acids is 3. The van der Waals surface area contributed by atoms with Crippen molar-refractivity contribution < 1.29 is 19.6 Å². The van der Waals surface area contributed by atoms with Crippen molar-refractivity contribution in [1.29, 1.82) is 0 Å². The number of nitrogens with zero attached hydrogens (tertiary/aromatic N) is 1. The minimum absolute atomic E-state index is 0.0112. The minimum Gasteiger partial charge on any atom is -0.351 e. The molecular formula is C24H32N4O4. The summed E-state index contributed by atoms with van der Waals surface area (Å²) in [5.41, 5.74) is 8.67. The van der Waals surface area contributed by atoms with Gasteiger partial charge in [0.2, 0.25) is 17.7 Å². The van der Waals surface area contributed by atoms with Crippen LogP contribution in [-0.2, 0) is 20.9 Å². The number of amides is 3. The van der Waals surface area contributed by atoms with E-state index in [9.17, 15) is 14.4 Å². The van der Waals surface area contributed by atoms with Crippen LogP contribution in [0.25, 0.3) is 10.8 Å². The second-order valence-electron chi connectivity index (χ2n) is 8.42. The zero-order valence-corrected chi connectivity index (χ0v) is 18.3. The summed E-state index contributed by atoms with van der Waals surface area (Å²) in [4.78, 5) is 37.9. The first kappa shape index (κ1) is 23.7. The molecule has 32 heavy (non-hydrogen) atoms. The Kier molecular flexibility index (Phi) is 8.58. The first-order valence-corrected chi connectivity index (χ1v) is 11.2. The van der Waals surface area contributed by atoms with Crippen molar-refractivity contribution in [2.45, 2.75) is 51.1 Å². The third-order valence-corrected chi connectivity index (χ3v) is 6.17. The van der Waals surface area contributed by atoms with Crippen LogP contribution in [-0.4, -0.2) is 47.0 Å². The lowest BCUT2D eigenvalue weighted by Gasteiger charge is -2.32. The normalized spacial score (nSPS) is 15.4. The highest BCUT2D eigenvalue weighted by atomic mass is 16.5. The monoisotopic (exact) mass is 440 g/mol. The average molecular weight is 441 g/mol. The van der Waals surface area contributed by atoms with Gasteiger partial charge in [-0.05, 0) is 47.9 Å². The molecule has 0 radical (unpaired) electrons. The molecule has 0 aliphatic carbocycles. The van der Waals surface area contributed by atoms with Gasteiger partial charge in [0, 0.05) is 26.1 Å². The third-order valence-electron chi connectivity index (χ3n) is 6.17. The summed E-state index contributed by atoms with van der Waals surface area (Å²) in [6.07, 6.45) is 3.64. The summed E-state index contributed by atoms with van der Waals surface area (Å²) in [7, 11) is 0. The van der Waals surface area contributed by atoms with Gasteiger partial charge in [-0.3, -0.25) is 19.6 Å². The van der Waals surface area contributed by atoms with Crippen LogP contribution in [0.1, 0.15) is 44.1 Å². The van der Waals surface area contributed by atoms with Crippen LogP contribution in [0.15, 0.2) is 42.5 Å². The maximum atomic E-state index is 12.6. The minimum atomic E-state index is -0.882. The van der Waals surface area contributed by atoms with E-state index >= 15 is 0 Å². The van der Waals surface area contributed by atoms with Crippen molar-refractivity contribution in [1.82, 2.24) is 15.7 Å². The number of nitrogens with one attached hydrogen (secondary N) is 2. The highest BCUT2D eigenvalue weighted by Gasteiger charge is 2.26. The quantitative estimate of drug-likeness (QED) is 0.351. The van der Waals surface area contributed by atoms with Gasteiger partial charge in [-0.25, -0.2) is 5.48 Å². The van der Waals surface area contributed by atoms with Crippen LogP contribution in [0.4, 0.5) is 0 Å². The number of likely N-dealkylation sites (tertiary alicyclic amines) is 1. The van der Waals surface area contributed by atoms with Crippen molar-refractivity contribution in [3.05, 3.63) is 48.0 Å². The SMILES string of the molecule is NC(CC(=O)N1CCC(CCCC(=O)NO)CC1)C(=O)NCc1cccc2ccccc12. The molecule has 0 saturated carbocycles. The third kappa shape index (κ3) is 6.51. The van der Waals surface area contributed by atoms with Crippen molar-refractivity contribution in [3.63, 3.8) is 0 Å². The lowest BCUT2D eigenvalue weighted by atomic mass is 9.91. The van der Waals surface area contributed by atoms with Crippen molar-refractivity contribution in [3.8, 4) is 0 Å². The fourth-order valence-corrected chi connectivity index (χ4v) is 4.25. The van der Waals surface area contributed by atoms with E-state index in [1.807, 2.05) is 42.5 Å². The van der Waals surface area contributed by atoms with Crippen molar-refractivity contribution >= 4 is 28.5 Å². The number of rotatable bonds is 9. The predicted molar refractivity (Wildman–Crippen MR) is 121 cm³/mol. The molecule has 1 atom stereocenters. The Morgan fingerprint density at radius 3 is 2.56 bits per heavy atom. The summed E-state index contributed by atoms with van der Waals surface area (Å²) in [6, 6.07) is 13.1. The van der Waals surface area contributed by atoms with E-state index in [2.05, 4.69) is 5.32 Å². The number of carbonyl (C=O) groups is 3. The Bertz CT molecular complexity index is 935. The van der Waals surface area contributed by atoms with Crippen LogP contribution in [0.3, 0.4) is 0 Å². The largest absolute Gasteiger partial charge is 0.351 e. The Hall–Kier alpha value is -2.97. The fourth-order valence-electron chi connectivity index (χ4n) is 4.25. The topological polar surface area (TPSA) is 125 Å². The van der Waals surface area contributed by atoms with E-state index in [1.54, 1.807) is 10.4 Å². The van der Waals surface area contributed by atoms with Crippen LogP contribution in [0, 0.1) is 5.92 Å². The predicted octanol–water partition coefficient (Wildman–Crippen LogP) is 2.09. The number of hydrogen-bond acceptors (Lipinski definition) is 5. The number of benzene rings is 2. The summed E-state index contributed by atoms with van der Waals surface area (Å²) in [5.74, 6) is -0.340. The fraction of sp³-hybridized carbons (Fsp3) is 0.458. The lowest BCUT2D eigenvalue weighted by molar-refractivity contribution is -0.135. The van der Waals surface area contributed by atoms with Gasteiger partial charge in [-0.15, -0.1) is 0 Å². The van der Waals surface area contributed by atoms with Gasteiger partial charge in [-0.2, -0.15) is 0 Å². The Morgan fingerprint density at radius 1 is 1.09 bits per heavy atom. The second kappa shape index (κ2) is 11.6. The molecule has 0 aromatic heterocycles. The molecule has 5 N–H and O–H groups in total. The van der Waals surface area contributed by atoms with Gasteiger partial charge < -0.3 is 16.0 Å². The van der Waals surface area contributed by atoms with E-state index in [4.69, 9.17) is 10.9 Å². The van der Waals surface area contributed by atoms with Crippen molar-refractivity contribution in [2.24, 2.45) is 11.7 Å². The van der Waals surface area contributed by atoms with Gasteiger partial charge in [0.15, 0.2) is 0 Å². The number of hydrogen-bond donors (Lipinski definition) is 4. The molecule has 1 aliphatic rings. The van der Waals surface area contributed by atoms with E-state index < -0.39 is 6.04 Å². The molecule has 3 amide bonds. The molecule has 8 heteroatoms. The molecule has 3 rings (SSSR count). The van der Waals surface area contributed by atoms with Crippen molar-refractivity contribution in [2.75, 3.05) is 13.1 Å². The molecule has 1 heterocycles. The number of hydroxylamine groups is 1. The summed E-state index contributed by atoms with van der Waals surface area (Å²) >= 11 is 0. The summed E-state index contributed by atoms with van der Waals surface area (Å²) in [5, 5.41) is 13.6. The molecule has 8 nitrogen and oxygen atoms in total. The van der Waals surface area contributed by atoms with E-state index in [0.29, 0.717) is 38.4 Å².